The molecule has 5 nitrogen and oxygen atoms in total. The van der Waals surface area contributed by atoms with Gasteiger partial charge in [0.2, 0.25) is 0 Å². The van der Waals surface area contributed by atoms with Gasteiger partial charge in [0.25, 0.3) is 6.47 Å². The molecule has 0 amide bonds. The normalized spacial score (nSPS) is 10.8. The van der Waals surface area contributed by atoms with Crippen LogP contribution in [-0.2, 0) is 14.3 Å². The maximum Gasteiger partial charge on any atom is 0.331 e. The number of carbonyl (C=O) groups excluding carboxylic acids is 1. The Balaban J connectivity index is 0. The lowest BCUT2D eigenvalue weighted by molar-refractivity contribution is -0.149. The minimum atomic E-state index is -0.388. The van der Waals surface area contributed by atoms with Gasteiger partial charge in [-0.25, -0.2) is 4.79 Å². The predicted octanol–water partition coefficient (Wildman–Crippen LogP) is 0.324. The first-order valence-electron chi connectivity index (χ1n) is 3.56. The van der Waals surface area contributed by atoms with Gasteiger partial charge in [0.1, 0.15) is 0 Å². The SMILES string of the molecule is C=CC(=O)OC(C)N(C)C.O=CO. The van der Waals surface area contributed by atoms with E-state index in [1.54, 1.807) is 11.8 Å². The van der Waals surface area contributed by atoms with Gasteiger partial charge in [-0.1, -0.05) is 6.58 Å². The van der Waals surface area contributed by atoms with Crippen LogP contribution < -0.4 is 0 Å². The Bertz CT molecular complexity index is 168. The predicted molar refractivity (Wildman–Crippen MR) is 48.1 cm³/mol. The van der Waals surface area contributed by atoms with Crippen molar-refractivity contribution in [3.63, 3.8) is 0 Å². The Morgan fingerprint density at radius 3 is 2.23 bits per heavy atom. The quantitative estimate of drug-likeness (QED) is 0.300. The van der Waals surface area contributed by atoms with Crippen molar-refractivity contribution in [3.8, 4) is 0 Å². The van der Waals surface area contributed by atoms with Crippen LogP contribution in [0.2, 0.25) is 0 Å². The summed E-state index contributed by atoms with van der Waals surface area (Å²) in [6, 6.07) is 0. The van der Waals surface area contributed by atoms with E-state index in [1.807, 2.05) is 14.1 Å². The fraction of sp³-hybridized carbons (Fsp3) is 0.500. The lowest BCUT2D eigenvalue weighted by atomic mass is 10.6. The van der Waals surface area contributed by atoms with E-state index in [0.717, 1.165) is 6.08 Å². The van der Waals surface area contributed by atoms with Gasteiger partial charge in [-0.15, -0.1) is 0 Å². The van der Waals surface area contributed by atoms with Crippen molar-refractivity contribution in [2.24, 2.45) is 0 Å². The number of carbonyl (C=O) groups is 2. The van der Waals surface area contributed by atoms with E-state index in [9.17, 15) is 4.79 Å². The Kier molecular flexibility index (Phi) is 9.53. The number of esters is 1. The van der Waals surface area contributed by atoms with Crippen molar-refractivity contribution >= 4 is 12.4 Å². The minimum Gasteiger partial charge on any atom is -0.483 e. The summed E-state index contributed by atoms with van der Waals surface area (Å²) in [5, 5.41) is 6.89. The molecule has 1 atom stereocenters. The van der Waals surface area contributed by atoms with Crippen molar-refractivity contribution in [2.75, 3.05) is 14.1 Å². The Hall–Kier alpha value is -1.36. The van der Waals surface area contributed by atoms with Crippen LogP contribution in [0.25, 0.3) is 0 Å². The van der Waals surface area contributed by atoms with Crippen molar-refractivity contribution in [2.45, 2.75) is 13.2 Å². The van der Waals surface area contributed by atoms with E-state index in [4.69, 9.17) is 14.6 Å². The molecule has 0 rings (SSSR count). The second-order valence-electron chi connectivity index (χ2n) is 2.31. The molecular formula is C8H15NO4. The van der Waals surface area contributed by atoms with Gasteiger partial charge in [0.15, 0.2) is 6.23 Å². The fourth-order valence-corrected chi connectivity index (χ4v) is 0.322. The average molecular weight is 189 g/mol. The fourth-order valence-electron chi connectivity index (χ4n) is 0.322. The second-order valence-corrected chi connectivity index (χ2v) is 2.31. The lowest BCUT2D eigenvalue weighted by Gasteiger charge is -2.18. The first-order valence-corrected chi connectivity index (χ1v) is 3.56. The van der Waals surface area contributed by atoms with Crippen LogP contribution in [0, 0.1) is 0 Å². The third-order valence-electron chi connectivity index (χ3n) is 1.18. The molecule has 0 bridgehead atoms. The van der Waals surface area contributed by atoms with Crippen LogP contribution in [0.4, 0.5) is 0 Å². The molecule has 5 heteroatoms. The molecule has 0 aliphatic rings. The van der Waals surface area contributed by atoms with Crippen molar-refractivity contribution in [1.29, 1.82) is 0 Å². The first-order chi connectivity index (χ1) is 5.99. The number of ether oxygens (including phenoxy) is 1. The van der Waals surface area contributed by atoms with Crippen LogP contribution >= 0.6 is 0 Å². The van der Waals surface area contributed by atoms with E-state index in [0.29, 0.717) is 0 Å². The Morgan fingerprint density at radius 2 is 2.00 bits per heavy atom. The summed E-state index contributed by atoms with van der Waals surface area (Å²) >= 11 is 0. The summed E-state index contributed by atoms with van der Waals surface area (Å²) < 4.78 is 4.83. The van der Waals surface area contributed by atoms with Gasteiger partial charge < -0.3 is 9.84 Å². The molecule has 0 aromatic rings. The zero-order valence-corrected chi connectivity index (χ0v) is 8.06. The summed E-state index contributed by atoms with van der Waals surface area (Å²) in [5.41, 5.74) is 0. The molecule has 0 saturated heterocycles. The van der Waals surface area contributed by atoms with Gasteiger partial charge in [0, 0.05) is 6.08 Å². The summed E-state index contributed by atoms with van der Waals surface area (Å²) in [6.07, 6.45) is 0.963. The molecule has 76 valence electrons. The highest BCUT2D eigenvalue weighted by molar-refractivity contribution is 5.81. The van der Waals surface area contributed by atoms with Crippen LogP contribution in [0.1, 0.15) is 6.92 Å². The highest BCUT2D eigenvalue weighted by atomic mass is 16.6. The van der Waals surface area contributed by atoms with E-state index in [2.05, 4.69) is 6.58 Å². The molecule has 1 N–H and O–H groups in total. The summed E-state index contributed by atoms with van der Waals surface area (Å²) in [5.74, 6) is -0.388. The smallest absolute Gasteiger partial charge is 0.331 e. The second kappa shape index (κ2) is 8.73. The van der Waals surface area contributed by atoms with Gasteiger partial charge in [-0.3, -0.25) is 9.69 Å². The highest BCUT2D eigenvalue weighted by Crippen LogP contribution is 1.94. The van der Waals surface area contributed by atoms with Crippen LogP contribution in [0.15, 0.2) is 12.7 Å². The van der Waals surface area contributed by atoms with E-state index >= 15 is 0 Å². The Morgan fingerprint density at radius 1 is 1.62 bits per heavy atom. The van der Waals surface area contributed by atoms with Crippen LogP contribution in [0.5, 0.6) is 0 Å². The summed E-state index contributed by atoms with van der Waals surface area (Å²) in [7, 11) is 3.67. The standard InChI is InChI=1S/C7H13NO2.CH2O2/c1-5-7(9)10-6(2)8(3)4;2-1-3/h5-6H,1H2,2-4H3;1H,(H,2,3). The van der Waals surface area contributed by atoms with E-state index in [-0.39, 0.29) is 18.7 Å². The van der Waals surface area contributed by atoms with Crippen LogP contribution in [-0.4, -0.2) is 42.8 Å². The largest absolute Gasteiger partial charge is 0.483 e. The number of nitrogens with zero attached hydrogens (tertiary/aromatic N) is 1. The molecule has 0 aromatic carbocycles. The molecule has 0 aliphatic carbocycles. The third kappa shape index (κ3) is 10.6. The number of carboxylic acid groups (broad SMARTS) is 1. The maximum absolute atomic E-state index is 10.6. The Labute approximate surface area is 77.6 Å². The monoisotopic (exact) mass is 189 g/mol. The van der Waals surface area contributed by atoms with Gasteiger partial charge in [-0.2, -0.15) is 0 Å². The topological polar surface area (TPSA) is 66.8 Å². The van der Waals surface area contributed by atoms with Crippen molar-refractivity contribution < 1.29 is 19.4 Å². The van der Waals surface area contributed by atoms with E-state index in [1.165, 1.54) is 0 Å². The maximum atomic E-state index is 10.6. The molecule has 0 saturated carbocycles. The number of rotatable bonds is 3. The molecule has 0 radical (unpaired) electrons. The zero-order chi connectivity index (χ0) is 10.9. The number of hydrogen-bond donors (Lipinski definition) is 1. The molecule has 0 aliphatic heterocycles. The molecule has 0 spiro atoms. The van der Waals surface area contributed by atoms with Gasteiger partial charge in [0.05, 0.1) is 0 Å². The minimum absolute atomic E-state index is 0.189. The average Bonchev–Trinajstić information content (AvgIpc) is 2.05. The first kappa shape index (κ1) is 14.2. The lowest BCUT2D eigenvalue weighted by Crippen LogP contribution is -2.29. The number of hydrogen-bond acceptors (Lipinski definition) is 4. The third-order valence-corrected chi connectivity index (χ3v) is 1.18. The molecule has 0 fully saturated rings. The molecular weight excluding hydrogens is 174 g/mol. The van der Waals surface area contributed by atoms with E-state index < -0.39 is 0 Å². The zero-order valence-electron chi connectivity index (χ0n) is 8.06. The molecule has 0 aromatic heterocycles. The molecule has 13 heavy (non-hydrogen) atoms. The van der Waals surface area contributed by atoms with Gasteiger partial charge in [-0.05, 0) is 21.0 Å². The summed E-state index contributed by atoms with van der Waals surface area (Å²) in [4.78, 5) is 20.7. The molecule has 0 heterocycles. The van der Waals surface area contributed by atoms with Crippen molar-refractivity contribution in [3.05, 3.63) is 12.7 Å². The van der Waals surface area contributed by atoms with Crippen LogP contribution in [0.3, 0.4) is 0 Å². The highest BCUT2D eigenvalue weighted by Gasteiger charge is 2.06. The summed E-state index contributed by atoms with van der Waals surface area (Å²) in [6.45, 7) is 4.82. The van der Waals surface area contributed by atoms with Crippen molar-refractivity contribution in [1.82, 2.24) is 4.90 Å². The van der Waals surface area contributed by atoms with Gasteiger partial charge >= 0.3 is 5.97 Å². The molecule has 1 unspecified atom stereocenters.